The van der Waals surface area contributed by atoms with E-state index in [0.29, 0.717) is 10.8 Å². The monoisotopic (exact) mass is 255 g/mol. The topological polar surface area (TPSA) is 110 Å². The minimum Gasteiger partial charge on any atom is -0.505 e. The fourth-order valence-electron chi connectivity index (χ4n) is 1.53. The van der Waals surface area contributed by atoms with Gasteiger partial charge in [0.05, 0.1) is 5.69 Å². The Balaban J connectivity index is 2.76. The van der Waals surface area contributed by atoms with Gasteiger partial charge in [0.25, 0.3) is 0 Å². The lowest BCUT2D eigenvalue weighted by atomic mass is 10.1. The molecule has 90 valence electrons. The van der Waals surface area contributed by atoms with Crippen LogP contribution in [-0.4, -0.2) is 18.1 Å². The van der Waals surface area contributed by atoms with E-state index >= 15 is 0 Å². The molecule has 0 fully saturated rings. The van der Waals surface area contributed by atoms with E-state index in [2.05, 4.69) is 4.18 Å². The molecule has 6 nitrogen and oxygen atoms in total. The van der Waals surface area contributed by atoms with Gasteiger partial charge >= 0.3 is 10.4 Å². The number of aromatic hydroxyl groups is 1. The Labute approximate surface area is 97.2 Å². The molecule has 0 aliphatic rings. The van der Waals surface area contributed by atoms with Crippen LogP contribution in [0.4, 0.5) is 5.69 Å². The molecule has 0 amide bonds. The lowest BCUT2D eigenvalue weighted by Gasteiger charge is -2.09. The van der Waals surface area contributed by atoms with Gasteiger partial charge < -0.3 is 15.0 Å². The van der Waals surface area contributed by atoms with Gasteiger partial charge in [-0.25, -0.2) is 0 Å². The molecule has 0 aliphatic carbocycles. The number of nitrogens with two attached hydrogens (primary N) is 1. The van der Waals surface area contributed by atoms with Crippen LogP contribution in [0.1, 0.15) is 0 Å². The number of fused-ring (bicyclic) bond motifs is 1. The van der Waals surface area contributed by atoms with E-state index in [-0.39, 0.29) is 17.2 Å². The average molecular weight is 255 g/mol. The zero-order valence-electron chi connectivity index (χ0n) is 8.49. The molecule has 0 radical (unpaired) electrons. The van der Waals surface area contributed by atoms with Crippen molar-refractivity contribution in [1.82, 2.24) is 0 Å². The Hall–Kier alpha value is -1.99. The second-order valence-corrected chi connectivity index (χ2v) is 4.39. The lowest BCUT2D eigenvalue weighted by molar-refractivity contribution is 0.388. The van der Waals surface area contributed by atoms with Gasteiger partial charge in [-0.3, -0.25) is 4.55 Å². The summed E-state index contributed by atoms with van der Waals surface area (Å²) in [4.78, 5) is 0. The molecule has 17 heavy (non-hydrogen) atoms. The van der Waals surface area contributed by atoms with Crippen LogP contribution in [0.2, 0.25) is 0 Å². The molecule has 0 heterocycles. The lowest BCUT2D eigenvalue weighted by Crippen LogP contribution is -2.07. The molecule has 0 saturated carbocycles. The summed E-state index contributed by atoms with van der Waals surface area (Å²) in [6.45, 7) is 0. The third-order valence-corrected chi connectivity index (χ3v) is 2.59. The highest BCUT2D eigenvalue weighted by Crippen LogP contribution is 2.37. The third-order valence-electron chi connectivity index (χ3n) is 2.20. The predicted molar refractivity (Wildman–Crippen MR) is 62.2 cm³/mol. The van der Waals surface area contributed by atoms with Gasteiger partial charge in [-0.05, 0) is 0 Å². The number of hydrogen-bond donors (Lipinski definition) is 3. The third kappa shape index (κ3) is 2.24. The molecule has 2 rings (SSSR count). The van der Waals surface area contributed by atoms with E-state index in [0.717, 1.165) is 6.07 Å². The van der Waals surface area contributed by atoms with Gasteiger partial charge in [0.1, 0.15) is 5.75 Å². The molecule has 0 atom stereocenters. The average Bonchev–Trinajstić information content (AvgIpc) is 2.24. The van der Waals surface area contributed by atoms with Gasteiger partial charge in [-0.2, -0.15) is 8.42 Å². The maximum Gasteiger partial charge on any atom is 0.446 e. The van der Waals surface area contributed by atoms with Crippen molar-refractivity contribution in [2.45, 2.75) is 0 Å². The number of nitrogen functional groups attached to an aromatic ring is 1. The van der Waals surface area contributed by atoms with Gasteiger partial charge in [0.2, 0.25) is 0 Å². The Morgan fingerprint density at radius 1 is 1.18 bits per heavy atom. The van der Waals surface area contributed by atoms with Crippen LogP contribution in [-0.2, 0) is 10.4 Å². The van der Waals surface area contributed by atoms with Gasteiger partial charge in [0, 0.05) is 16.8 Å². The fourth-order valence-corrected chi connectivity index (χ4v) is 1.89. The zero-order chi connectivity index (χ0) is 12.6. The molecule has 0 aliphatic heterocycles. The first-order valence-electron chi connectivity index (χ1n) is 4.55. The standard InChI is InChI=1S/C10H9NO5S/c11-8-5-9(16-17(13,14)15)6-3-1-2-4-7(6)10(8)12/h1-5,12H,11H2,(H,13,14,15). The molecule has 2 aromatic carbocycles. The van der Waals surface area contributed by atoms with E-state index in [4.69, 9.17) is 10.3 Å². The maximum atomic E-state index is 10.7. The quantitative estimate of drug-likeness (QED) is 0.424. The summed E-state index contributed by atoms with van der Waals surface area (Å²) in [6.07, 6.45) is 0. The highest BCUT2D eigenvalue weighted by molar-refractivity contribution is 7.81. The van der Waals surface area contributed by atoms with E-state index in [9.17, 15) is 13.5 Å². The maximum absolute atomic E-state index is 10.7. The minimum absolute atomic E-state index is 0.0395. The van der Waals surface area contributed by atoms with E-state index in [1.54, 1.807) is 18.2 Å². The molecule has 0 spiro atoms. The molecule has 0 bridgehead atoms. The van der Waals surface area contributed by atoms with Gasteiger partial charge in [-0.1, -0.05) is 24.3 Å². The fraction of sp³-hybridized carbons (Fsp3) is 0. The number of phenolic OH excluding ortho intramolecular Hbond substituents is 1. The number of benzene rings is 2. The largest absolute Gasteiger partial charge is 0.505 e. The molecule has 7 heteroatoms. The summed E-state index contributed by atoms with van der Waals surface area (Å²) >= 11 is 0. The van der Waals surface area contributed by atoms with E-state index in [1.807, 2.05) is 0 Å². The van der Waals surface area contributed by atoms with Crippen LogP contribution in [0.3, 0.4) is 0 Å². The molecule has 0 aromatic heterocycles. The van der Waals surface area contributed by atoms with Crippen LogP contribution in [0.5, 0.6) is 11.5 Å². The Kier molecular flexibility index (Phi) is 2.56. The van der Waals surface area contributed by atoms with Crippen molar-refractivity contribution in [2.75, 3.05) is 5.73 Å². The summed E-state index contributed by atoms with van der Waals surface area (Å²) in [5.41, 5.74) is 5.46. The van der Waals surface area contributed by atoms with Crippen LogP contribution in [0.25, 0.3) is 10.8 Å². The summed E-state index contributed by atoms with van der Waals surface area (Å²) in [5.74, 6) is -0.304. The predicted octanol–water partition coefficient (Wildman–Crippen LogP) is 1.31. The number of anilines is 1. The molecule has 0 unspecified atom stereocenters. The summed E-state index contributed by atoms with van der Waals surface area (Å²) in [7, 11) is -4.64. The second-order valence-electron chi connectivity index (χ2n) is 3.37. The van der Waals surface area contributed by atoms with E-state index < -0.39 is 10.4 Å². The number of rotatable bonds is 2. The number of phenols is 1. The van der Waals surface area contributed by atoms with Crippen LogP contribution in [0, 0.1) is 0 Å². The minimum atomic E-state index is -4.64. The van der Waals surface area contributed by atoms with Crippen molar-refractivity contribution >= 4 is 26.9 Å². The Morgan fingerprint density at radius 2 is 1.76 bits per heavy atom. The molecular formula is C10H9NO5S. The van der Waals surface area contributed by atoms with Gasteiger partial charge in [-0.15, -0.1) is 0 Å². The second kappa shape index (κ2) is 3.79. The first-order chi connectivity index (χ1) is 7.88. The van der Waals surface area contributed by atoms with Crippen LogP contribution >= 0.6 is 0 Å². The summed E-state index contributed by atoms with van der Waals surface area (Å²) in [6, 6.07) is 7.51. The SMILES string of the molecule is Nc1cc(OS(=O)(=O)O)c2ccccc2c1O. The summed E-state index contributed by atoms with van der Waals surface area (Å²) < 4.78 is 34.4. The van der Waals surface area contributed by atoms with Crippen LogP contribution < -0.4 is 9.92 Å². The van der Waals surface area contributed by atoms with Crippen LogP contribution in [0.15, 0.2) is 30.3 Å². The molecular weight excluding hydrogens is 246 g/mol. The first kappa shape index (κ1) is 11.5. The normalized spacial score (nSPS) is 11.6. The molecule has 2 aromatic rings. The first-order valence-corrected chi connectivity index (χ1v) is 5.92. The van der Waals surface area contributed by atoms with Crippen molar-refractivity contribution in [1.29, 1.82) is 0 Å². The van der Waals surface area contributed by atoms with Crippen molar-refractivity contribution in [3.05, 3.63) is 30.3 Å². The van der Waals surface area contributed by atoms with Crippen molar-refractivity contribution in [2.24, 2.45) is 0 Å². The smallest absolute Gasteiger partial charge is 0.446 e. The van der Waals surface area contributed by atoms with E-state index in [1.165, 1.54) is 6.07 Å². The zero-order valence-corrected chi connectivity index (χ0v) is 9.31. The van der Waals surface area contributed by atoms with Crippen molar-refractivity contribution < 1.29 is 22.3 Å². The van der Waals surface area contributed by atoms with Crippen molar-refractivity contribution in [3.8, 4) is 11.5 Å². The highest BCUT2D eigenvalue weighted by atomic mass is 32.3. The highest BCUT2D eigenvalue weighted by Gasteiger charge is 2.14. The van der Waals surface area contributed by atoms with Gasteiger partial charge in [0.15, 0.2) is 5.75 Å². The molecule has 4 N–H and O–H groups in total. The number of hydrogen-bond acceptors (Lipinski definition) is 5. The summed E-state index contributed by atoms with van der Waals surface area (Å²) in [5, 5.41) is 10.4. The Morgan fingerprint density at radius 3 is 2.35 bits per heavy atom. The van der Waals surface area contributed by atoms with Crippen molar-refractivity contribution in [3.63, 3.8) is 0 Å². The molecule has 0 saturated heterocycles. The Bertz CT molecular complexity index is 680.